The van der Waals surface area contributed by atoms with Crippen LogP contribution in [0.3, 0.4) is 0 Å². The van der Waals surface area contributed by atoms with Crippen molar-refractivity contribution >= 4 is 22.0 Å². The molecule has 0 unspecified atom stereocenters. The number of methoxy groups -OCH3 is 1. The number of nitrogens with one attached hydrogen (secondary N) is 1. The Kier molecular flexibility index (Phi) is 5.25. The van der Waals surface area contributed by atoms with Crippen molar-refractivity contribution in [1.29, 1.82) is 0 Å². The minimum Gasteiger partial charge on any atom is -0.493 e. The van der Waals surface area contributed by atoms with E-state index in [9.17, 15) is 18.0 Å². The zero-order valence-corrected chi connectivity index (χ0v) is 13.8. The van der Waals surface area contributed by atoms with E-state index in [4.69, 9.17) is 9.47 Å². The third kappa shape index (κ3) is 4.44. The number of hydrogen-bond donors (Lipinski definition) is 1. The van der Waals surface area contributed by atoms with Crippen LogP contribution in [-0.4, -0.2) is 51.4 Å². The Hall–Kier alpha value is -2.09. The van der Waals surface area contributed by atoms with Gasteiger partial charge in [0, 0.05) is 11.6 Å². The highest BCUT2D eigenvalue weighted by molar-refractivity contribution is 7.91. The monoisotopic (exact) mass is 341 g/mol. The van der Waals surface area contributed by atoms with Gasteiger partial charge < -0.3 is 14.8 Å². The van der Waals surface area contributed by atoms with Gasteiger partial charge >= 0.3 is 0 Å². The number of carbonyl (C=O) groups excluding carboxylic acids is 2. The molecule has 126 valence electrons. The van der Waals surface area contributed by atoms with Gasteiger partial charge in [0.25, 0.3) is 5.91 Å². The minimum atomic E-state index is -3.06. The summed E-state index contributed by atoms with van der Waals surface area (Å²) >= 11 is 0. The first-order valence-corrected chi connectivity index (χ1v) is 8.97. The number of benzene rings is 1. The first kappa shape index (κ1) is 17.3. The van der Waals surface area contributed by atoms with E-state index in [1.54, 1.807) is 19.1 Å². The highest BCUT2D eigenvalue weighted by Gasteiger charge is 2.30. The van der Waals surface area contributed by atoms with Gasteiger partial charge in [-0.2, -0.15) is 0 Å². The van der Waals surface area contributed by atoms with Crippen LogP contribution < -0.4 is 14.8 Å². The van der Waals surface area contributed by atoms with E-state index in [1.165, 1.54) is 13.2 Å². The second-order valence-electron chi connectivity index (χ2n) is 5.40. The van der Waals surface area contributed by atoms with Crippen LogP contribution >= 0.6 is 0 Å². The van der Waals surface area contributed by atoms with Crippen molar-refractivity contribution in [2.24, 2.45) is 0 Å². The molecule has 1 aromatic rings. The quantitative estimate of drug-likeness (QED) is 0.760. The first-order valence-electron chi connectivity index (χ1n) is 7.15. The van der Waals surface area contributed by atoms with E-state index in [0.717, 1.165) is 0 Å². The van der Waals surface area contributed by atoms with Gasteiger partial charge in [0.15, 0.2) is 27.4 Å². The van der Waals surface area contributed by atoms with Crippen LogP contribution in [0.25, 0.3) is 0 Å². The minimum absolute atomic E-state index is 0.0462. The van der Waals surface area contributed by atoms with Crippen LogP contribution in [-0.2, 0) is 14.6 Å². The summed E-state index contributed by atoms with van der Waals surface area (Å²) in [5.74, 6) is 0.306. The second kappa shape index (κ2) is 6.99. The predicted octanol–water partition coefficient (Wildman–Crippen LogP) is 0.578. The van der Waals surface area contributed by atoms with Crippen LogP contribution in [0.4, 0.5) is 0 Å². The fraction of sp³-hybridized carbons (Fsp3) is 0.467. The molecule has 0 radical (unpaired) electrons. The molecular weight excluding hydrogens is 322 g/mol. The van der Waals surface area contributed by atoms with Crippen LogP contribution in [0, 0.1) is 0 Å². The molecule has 1 aliphatic heterocycles. The van der Waals surface area contributed by atoms with Crippen LogP contribution in [0.5, 0.6) is 11.5 Å². The molecule has 0 saturated carbocycles. The fourth-order valence-electron chi connectivity index (χ4n) is 2.33. The summed E-state index contributed by atoms with van der Waals surface area (Å²) in [4.78, 5) is 23.0. The van der Waals surface area contributed by atoms with Gasteiger partial charge in [-0.1, -0.05) is 0 Å². The molecule has 23 heavy (non-hydrogen) atoms. The van der Waals surface area contributed by atoms with Gasteiger partial charge in [-0.15, -0.1) is 0 Å². The molecule has 0 aliphatic carbocycles. The smallest absolute Gasteiger partial charge is 0.261 e. The van der Waals surface area contributed by atoms with Gasteiger partial charge in [-0.05, 0) is 31.5 Å². The Morgan fingerprint density at radius 1 is 1.39 bits per heavy atom. The van der Waals surface area contributed by atoms with E-state index < -0.39 is 21.8 Å². The topological polar surface area (TPSA) is 98.8 Å². The number of amides is 1. The Balaban J connectivity index is 2.02. The number of carbonyl (C=O) groups is 2. The maximum absolute atomic E-state index is 12.1. The lowest BCUT2D eigenvalue weighted by Gasteiger charge is -2.19. The molecule has 1 aliphatic rings. The van der Waals surface area contributed by atoms with Crippen molar-refractivity contribution in [3.63, 3.8) is 0 Å². The Labute approximate surface area is 134 Å². The summed E-state index contributed by atoms with van der Waals surface area (Å²) in [6.07, 6.45) is 0.222. The summed E-state index contributed by atoms with van der Waals surface area (Å²) in [7, 11) is -1.60. The predicted molar refractivity (Wildman–Crippen MR) is 83.7 cm³/mol. The van der Waals surface area contributed by atoms with Crippen molar-refractivity contribution in [3.05, 3.63) is 23.8 Å². The van der Waals surface area contributed by atoms with Crippen molar-refractivity contribution < 1.29 is 27.5 Å². The molecule has 0 bridgehead atoms. The Bertz CT molecular complexity index is 700. The first-order chi connectivity index (χ1) is 10.8. The molecule has 7 nitrogen and oxygen atoms in total. The van der Waals surface area contributed by atoms with Gasteiger partial charge in [-0.25, -0.2) is 8.42 Å². The molecule has 2 atom stereocenters. The highest BCUT2D eigenvalue weighted by atomic mass is 32.2. The standard InChI is InChI=1S/C15H19NO6S/c1-10(15(18)16-12-5-6-23(19,20)9-12)22-14-7-11(8-17)3-4-13(14)21-2/h3-4,7-8,10,12H,5-6,9H2,1-2H3,(H,16,18)/t10-,12+/m0/s1. The van der Waals surface area contributed by atoms with Crippen LogP contribution in [0.15, 0.2) is 18.2 Å². The molecule has 1 amide bonds. The normalized spacial score (nSPS) is 20.5. The van der Waals surface area contributed by atoms with Crippen molar-refractivity contribution in [2.45, 2.75) is 25.5 Å². The summed E-state index contributed by atoms with van der Waals surface area (Å²) in [5, 5.41) is 2.67. The maximum Gasteiger partial charge on any atom is 0.261 e. The molecule has 1 aromatic carbocycles. The van der Waals surface area contributed by atoms with E-state index in [0.29, 0.717) is 24.0 Å². The fourth-order valence-corrected chi connectivity index (χ4v) is 4.00. The number of ether oxygens (including phenoxy) is 2. The van der Waals surface area contributed by atoms with Gasteiger partial charge in [0.1, 0.15) is 6.29 Å². The zero-order valence-electron chi connectivity index (χ0n) is 12.9. The number of aldehydes is 1. The van der Waals surface area contributed by atoms with Crippen molar-refractivity contribution in [1.82, 2.24) is 5.32 Å². The van der Waals surface area contributed by atoms with Gasteiger partial charge in [-0.3, -0.25) is 9.59 Å². The molecule has 1 heterocycles. The maximum atomic E-state index is 12.1. The summed E-state index contributed by atoms with van der Waals surface area (Å²) in [6.45, 7) is 1.55. The average molecular weight is 341 g/mol. The van der Waals surface area contributed by atoms with Crippen molar-refractivity contribution in [2.75, 3.05) is 18.6 Å². The Morgan fingerprint density at radius 3 is 2.70 bits per heavy atom. The van der Waals surface area contributed by atoms with Crippen LogP contribution in [0.1, 0.15) is 23.7 Å². The number of rotatable bonds is 6. The van der Waals surface area contributed by atoms with E-state index in [1.807, 2.05) is 0 Å². The summed E-state index contributed by atoms with van der Waals surface area (Å²) in [5.41, 5.74) is 0.398. The highest BCUT2D eigenvalue weighted by Crippen LogP contribution is 2.28. The molecule has 2 rings (SSSR count). The summed E-state index contributed by atoms with van der Waals surface area (Å²) in [6, 6.07) is 4.25. The van der Waals surface area contributed by atoms with Gasteiger partial charge in [0.05, 0.1) is 18.6 Å². The molecule has 8 heteroatoms. The van der Waals surface area contributed by atoms with E-state index >= 15 is 0 Å². The third-order valence-electron chi connectivity index (χ3n) is 3.58. The third-order valence-corrected chi connectivity index (χ3v) is 5.34. The largest absolute Gasteiger partial charge is 0.493 e. The second-order valence-corrected chi connectivity index (χ2v) is 7.63. The van der Waals surface area contributed by atoms with E-state index in [2.05, 4.69) is 5.32 Å². The van der Waals surface area contributed by atoms with Gasteiger partial charge in [0.2, 0.25) is 0 Å². The molecule has 1 N–H and O–H groups in total. The number of sulfone groups is 1. The SMILES string of the molecule is COc1ccc(C=O)cc1O[C@@H](C)C(=O)N[C@@H]1CCS(=O)(=O)C1. The summed E-state index contributed by atoms with van der Waals surface area (Å²) < 4.78 is 33.5. The lowest BCUT2D eigenvalue weighted by Crippen LogP contribution is -2.43. The van der Waals surface area contributed by atoms with E-state index in [-0.39, 0.29) is 23.3 Å². The molecule has 0 aromatic heterocycles. The lowest BCUT2D eigenvalue weighted by atomic mass is 10.2. The lowest BCUT2D eigenvalue weighted by molar-refractivity contribution is -0.127. The molecule has 0 spiro atoms. The van der Waals surface area contributed by atoms with Crippen LogP contribution in [0.2, 0.25) is 0 Å². The number of hydrogen-bond acceptors (Lipinski definition) is 6. The average Bonchev–Trinajstić information content (AvgIpc) is 2.85. The molecular formula is C15H19NO6S. The molecule has 1 fully saturated rings. The van der Waals surface area contributed by atoms with Crippen molar-refractivity contribution in [3.8, 4) is 11.5 Å². The molecule has 1 saturated heterocycles. The zero-order chi connectivity index (χ0) is 17.0. The Morgan fingerprint density at radius 2 is 2.13 bits per heavy atom.